The predicted octanol–water partition coefficient (Wildman–Crippen LogP) is 2.89. The molecule has 1 atom stereocenters. The number of benzene rings is 1. The lowest BCUT2D eigenvalue weighted by Gasteiger charge is -2.26. The van der Waals surface area contributed by atoms with Gasteiger partial charge in [0.15, 0.2) is 0 Å². The van der Waals surface area contributed by atoms with Crippen LogP contribution < -0.4 is 10.9 Å². The van der Waals surface area contributed by atoms with Gasteiger partial charge in [0, 0.05) is 17.8 Å². The summed E-state index contributed by atoms with van der Waals surface area (Å²) < 4.78 is 0. The molecule has 0 amide bonds. The van der Waals surface area contributed by atoms with Gasteiger partial charge in [0.25, 0.3) is 0 Å². The molecule has 0 bridgehead atoms. The van der Waals surface area contributed by atoms with Crippen LogP contribution in [0, 0.1) is 6.92 Å². The highest BCUT2D eigenvalue weighted by molar-refractivity contribution is 5.27. The number of nitrogens with one attached hydrogen (secondary N) is 2. The number of hydrogen-bond donors (Lipinski definition) is 2. The Balaban J connectivity index is 1.65. The first-order chi connectivity index (χ1) is 10.2. The summed E-state index contributed by atoms with van der Waals surface area (Å²) in [6, 6.07) is 12.5. The van der Waals surface area contributed by atoms with Gasteiger partial charge in [-0.3, -0.25) is 4.79 Å². The van der Waals surface area contributed by atoms with Crippen molar-refractivity contribution in [2.45, 2.75) is 38.6 Å². The van der Waals surface area contributed by atoms with E-state index in [2.05, 4.69) is 41.5 Å². The van der Waals surface area contributed by atoms with Gasteiger partial charge < -0.3 is 10.3 Å². The van der Waals surface area contributed by atoms with Gasteiger partial charge >= 0.3 is 0 Å². The van der Waals surface area contributed by atoms with Crippen LogP contribution in [0.5, 0.6) is 0 Å². The summed E-state index contributed by atoms with van der Waals surface area (Å²) in [4.78, 5) is 14.4. The summed E-state index contributed by atoms with van der Waals surface area (Å²) in [6.07, 6.45) is 4.31. The minimum absolute atomic E-state index is 0.00862. The second-order valence-electron chi connectivity index (χ2n) is 5.83. The molecule has 1 aromatic heterocycles. The highest BCUT2D eigenvalue weighted by Gasteiger charge is 2.19. The molecule has 21 heavy (non-hydrogen) atoms. The fourth-order valence-corrected chi connectivity index (χ4v) is 3.18. The first-order valence-corrected chi connectivity index (χ1v) is 7.74. The van der Waals surface area contributed by atoms with E-state index in [9.17, 15) is 4.79 Å². The molecule has 2 N–H and O–H groups in total. The van der Waals surface area contributed by atoms with Gasteiger partial charge in [-0.2, -0.15) is 0 Å². The van der Waals surface area contributed by atoms with Crippen molar-refractivity contribution in [1.29, 1.82) is 0 Å². The molecule has 1 aliphatic carbocycles. The third-order valence-corrected chi connectivity index (χ3v) is 4.38. The van der Waals surface area contributed by atoms with E-state index in [1.54, 1.807) is 6.07 Å². The Labute approximate surface area is 125 Å². The monoisotopic (exact) mass is 282 g/mol. The summed E-state index contributed by atoms with van der Waals surface area (Å²) >= 11 is 0. The fourth-order valence-electron chi connectivity index (χ4n) is 3.18. The standard InChI is InChI=1S/C18H22N2O/c1-13-5-2-3-6-14(13)11-12-19-16-7-4-8-17-15(16)9-10-18(21)20-17/h2-3,5-6,9-10,16,19H,4,7-8,11-12H2,1H3,(H,20,21). The van der Waals surface area contributed by atoms with Crippen LogP contribution in [-0.4, -0.2) is 11.5 Å². The van der Waals surface area contributed by atoms with Crippen molar-refractivity contribution in [1.82, 2.24) is 10.3 Å². The highest BCUT2D eigenvalue weighted by Crippen LogP contribution is 2.27. The molecular formula is C18H22N2O. The first kappa shape index (κ1) is 14.1. The zero-order valence-corrected chi connectivity index (χ0v) is 12.5. The third kappa shape index (κ3) is 3.24. The number of fused-ring (bicyclic) bond motifs is 1. The summed E-state index contributed by atoms with van der Waals surface area (Å²) in [5.41, 5.74) is 5.15. The second-order valence-corrected chi connectivity index (χ2v) is 5.83. The van der Waals surface area contributed by atoms with Crippen LogP contribution in [0.1, 0.15) is 41.3 Å². The maximum absolute atomic E-state index is 11.4. The fraction of sp³-hybridized carbons (Fsp3) is 0.389. The number of aryl methyl sites for hydroxylation is 2. The molecule has 0 spiro atoms. The van der Waals surface area contributed by atoms with Crippen molar-refractivity contribution in [2.75, 3.05) is 6.54 Å². The molecule has 2 aromatic rings. The van der Waals surface area contributed by atoms with Crippen molar-refractivity contribution in [3.63, 3.8) is 0 Å². The molecule has 0 fully saturated rings. The molecule has 3 heteroatoms. The van der Waals surface area contributed by atoms with Crippen molar-refractivity contribution >= 4 is 0 Å². The SMILES string of the molecule is Cc1ccccc1CCNC1CCCc2[nH]c(=O)ccc21. The zero-order chi connectivity index (χ0) is 14.7. The smallest absolute Gasteiger partial charge is 0.248 e. The summed E-state index contributed by atoms with van der Waals surface area (Å²) in [5.74, 6) is 0. The van der Waals surface area contributed by atoms with E-state index in [-0.39, 0.29) is 5.56 Å². The number of pyridine rings is 1. The Morgan fingerprint density at radius 2 is 2.10 bits per heavy atom. The van der Waals surface area contributed by atoms with Crippen LogP contribution in [0.4, 0.5) is 0 Å². The average Bonchev–Trinajstić information content (AvgIpc) is 2.49. The third-order valence-electron chi connectivity index (χ3n) is 4.38. The number of rotatable bonds is 4. The summed E-state index contributed by atoms with van der Waals surface area (Å²) in [5, 5.41) is 3.65. The molecule has 0 saturated heterocycles. The van der Waals surface area contributed by atoms with Crippen LogP contribution in [0.2, 0.25) is 0 Å². The molecule has 0 aliphatic heterocycles. The van der Waals surface area contributed by atoms with Crippen LogP contribution in [0.15, 0.2) is 41.2 Å². The Morgan fingerprint density at radius 3 is 2.95 bits per heavy atom. The normalized spacial score (nSPS) is 17.5. The highest BCUT2D eigenvalue weighted by atomic mass is 16.1. The van der Waals surface area contributed by atoms with E-state index in [1.165, 1.54) is 16.7 Å². The van der Waals surface area contributed by atoms with E-state index in [1.807, 2.05) is 6.07 Å². The number of H-pyrrole nitrogens is 1. The lowest BCUT2D eigenvalue weighted by atomic mass is 9.91. The Bertz CT molecular complexity index is 675. The molecule has 1 aromatic carbocycles. The summed E-state index contributed by atoms with van der Waals surface area (Å²) in [7, 11) is 0. The van der Waals surface area contributed by atoms with Gasteiger partial charge in [-0.25, -0.2) is 0 Å². The second kappa shape index (κ2) is 6.27. The van der Waals surface area contributed by atoms with Gasteiger partial charge in [0.05, 0.1) is 0 Å². The van der Waals surface area contributed by atoms with Crippen molar-refractivity contribution in [2.24, 2.45) is 0 Å². The van der Waals surface area contributed by atoms with Gasteiger partial charge in [0.1, 0.15) is 0 Å². The Morgan fingerprint density at radius 1 is 1.24 bits per heavy atom. The van der Waals surface area contributed by atoms with Gasteiger partial charge in [0.2, 0.25) is 5.56 Å². The van der Waals surface area contributed by atoms with E-state index >= 15 is 0 Å². The van der Waals surface area contributed by atoms with Crippen molar-refractivity contribution in [3.8, 4) is 0 Å². The minimum Gasteiger partial charge on any atom is -0.326 e. The van der Waals surface area contributed by atoms with E-state index in [4.69, 9.17) is 0 Å². The molecule has 1 aliphatic rings. The molecule has 0 radical (unpaired) electrons. The number of aromatic nitrogens is 1. The molecule has 3 nitrogen and oxygen atoms in total. The van der Waals surface area contributed by atoms with E-state index < -0.39 is 0 Å². The largest absolute Gasteiger partial charge is 0.326 e. The quantitative estimate of drug-likeness (QED) is 0.905. The zero-order valence-electron chi connectivity index (χ0n) is 12.5. The van der Waals surface area contributed by atoms with Gasteiger partial charge in [-0.15, -0.1) is 0 Å². The van der Waals surface area contributed by atoms with Crippen LogP contribution in [0.25, 0.3) is 0 Å². The van der Waals surface area contributed by atoms with Crippen LogP contribution >= 0.6 is 0 Å². The molecular weight excluding hydrogens is 260 g/mol. The molecule has 1 unspecified atom stereocenters. The van der Waals surface area contributed by atoms with Gasteiger partial charge in [-0.05, 0) is 55.8 Å². The van der Waals surface area contributed by atoms with Crippen LogP contribution in [-0.2, 0) is 12.8 Å². The average molecular weight is 282 g/mol. The van der Waals surface area contributed by atoms with E-state index in [0.717, 1.165) is 37.9 Å². The Hall–Kier alpha value is -1.87. The molecule has 1 heterocycles. The van der Waals surface area contributed by atoms with Crippen molar-refractivity contribution < 1.29 is 0 Å². The first-order valence-electron chi connectivity index (χ1n) is 7.74. The summed E-state index contributed by atoms with van der Waals surface area (Å²) in [6.45, 7) is 3.13. The lowest BCUT2D eigenvalue weighted by Crippen LogP contribution is -2.28. The van der Waals surface area contributed by atoms with Crippen LogP contribution in [0.3, 0.4) is 0 Å². The van der Waals surface area contributed by atoms with Crippen molar-refractivity contribution in [3.05, 3.63) is 69.1 Å². The maximum Gasteiger partial charge on any atom is 0.248 e. The Kier molecular flexibility index (Phi) is 4.20. The lowest BCUT2D eigenvalue weighted by molar-refractivity contribution is 0.457. The maximum atomic E-state index is 11.4. The van der Waals surface area contributed by atoms with Gasteiger partial charge in [-0.1, -0.05) is 30.3 Å². The minimum atomic E-state index is 0.00862. The topological polar surface area (TPSA) is 44.9 Å². The predicted molar refractivity (Wildman–Crippen MR) is 85.6 cm³/mol. The number of hydrogen-bond acceptors (Lipinski definition) is 2. The molecule has 110 valence electrons. The molecule has 0 saturated carbocycles. The molecule has 3 rings (SSSR count). The number of aromatic amines is 1. The van der Waals surface area contributed by atoms with E-state index in [0.29, 0.717) is 6.04 Å².